The van der Waals surface area contributed by atoms with E-state index in [1.165, 1.54) is 34.5 Å². The number of aromatic nitrogens is 2. The average molecular weight is 399 g/mol. The number of thioether (sulfide) groups is 1. The number of amides is 1. The summed E-state index contributed by atoms with van der Waals surface area (Å²) in [5, 5.41) is 11.0. The largest absolute Gasteiger partial charge is 0.296 e. The van der Waals surface area contributed by atoms with Crippen LogP contribution in [0.3, 0.4) is 0 Å². The fourth-order valence-corrected chi connectivity index (χ4v) is 4.02. The van der Waals surface area contributed by atoms with Crippen molar-refractivity contribution in [2.75, 3.05) is 28.7 Å². The fourth-order valence-electron chi connectivity index (χ4n) is 1.95. The van der Waals surface area contributed by atoms with Crippen LogP contribution in [0.2, 0.25) is 0 Å². The van der Waals surface area contributed by atoms with Gasteiger partial charge in [0.2, 0.25) is 15.2 Å². The Morgan fingerprint density at radius 2 is 2.16 bits per heavy atom. The van der Waals surface area contributed by atoms with Crippen molar-refractivity contribution >= 4 is 49.8 Å². The summed E-state index contributed by atoms with van der Waals surface area (Å²) in [5.74, 6) is 0.393. The maximum absolute atomic E-state index is 12.3. The monoisotopic (exact) mass is 398 g/mol. The van der Waals surface area contributed by atoms with Crippen LogP contribution in [0.15, 0.2) is 35.2 Å². The normalized spacial score (nSPS) is 11.2. The Bertz CT molecular complexity index is 893. The lowest BCUT2D eigenvalue weighted by atomic mass is 10.1. The van der Waals surface area contributed by atoms with Crippen LogP contribution in [-0.2, 0) is 10.0 Å². The summed E-state index contributed by atoms with van der Waals surface area (Å²) in [6, 6.07) is 4.82. The van der Waals surface area contributed by atoms with Crippen LogP contribution in [-0.4, -0.2) is 43.6 Å². The van der Waals surface area contributed by atoms with E-state index in [4.69, 9.17) is 0 Å². The minimum atomic E-state index is -3.36. The van der Waals surface area contributed by atoms with Crippen molar-refractivity contribution in [3.8, 4) is 0 Å². The minimum Gasteiger partial charge on any atom is -0.296 e. The Hall–Kier alpha value is -1.91. The number of sulfonamides is 1. The molecule has 7 nitrogen and oxygen atoms in total. The third-order valence-corrected chi connectivity index (χ3v) is 6.41. The van der Waals surface area contributed by atoms with Crippen molar-refractivity contribution in [2.24, 2.45) is 0 Å². The van der Waals surface area contributed by atoms with Gasteiger partial charge >= 0.3 is 0 Å². The van der Waals surface area contributed by atoms with Gasteiger partial charge in [0.1, 0.15) is 0 Å². The first-order valence-electron chi connectivity index (χ1n) is 7.15. The molecule has 0 aliphatic rings. The first-order valence-corrected chi connectivity index (χ1v) is 10.8. The highest BCUT2D eigenvalue weighted by Gasteiger charge is 2.16. The van der Waals surface area contributed by atoms with E-state index in [1.54, 1.807) is 31.2 Å². The predicted molar refractivity (Wildman–Crippen MR) is 103 cm³/mol. The summed E-state index contributed by atoms with van der Waals surface area (Å²) < 4.78 is 25.2. The number of nitrogens with zero attached hydrogens (tertiary/aromatic N) is 3. The summed E-state index contributed by atoms with van der Waals surface area (Å²) in [6.45, 7) is 5.39. The molecule has 0 radical (unpaired) electrons. The minimum absolute atomic E-state index is 0.326. The molecular formula is C15H18N4O3S3. The van der Waals surface area contributed by atoms with E-state index in [9.17, 15) is 13.2 Å². The lowest BCUT2D eigenvalue weighted by Crippen LogP contribution is -2.25. The summed E-state index contributed by atoms with van der Waals surface area (Å²) in [6.07, 6.45) is 2.90. The molecule has 10 heteroatoms. The lowest BCUT2D eigenvalue weighted by molar-refractivity contribution is 0.102. The van der Waals surface area contributed by atoms with Crippen LogP contribution in [0.5, 0.6) is 0 Å². The van der Waals surface area contributed by atoms with Gasteiger partial charge in [0.25, 0.3) is 5.91 Å². The third-order valence-electron chi connectivity index (χ3n) is 3.25. The van der Waals surface area contributed by atoms with Gasteiger partial charge in [-0.2, -0.15) is 0 Å². The number of carbonyl (C=O) groups is 1. The van der Waals surface area contributed by atoms with Gasteiger partial charge < -0.3 is 0 Å². The first kappa shape index (κ1) is 19.4. The van der Waals surface area contributed by atoms with Crippen molar-refractivity contribution in [1.29, 1.82) is 0 Å². The fraction of sp³-hybridized carbons (Fsp3) is 0.267. The zero-order chi connectivity index (χ0) is 18.6. The molecule has 1 aromatic heterocycles. The maximum Gasteiger partial charge on any atom is 0.257 e. The molecule has 0 saturated heterocycles. The highest BCUT2D eigenvalue weighted by Crippen LogP contribution is 2.26. The summed E-state index contributed by atoms with van der Waals surface area (Å²) >= 11 is 2.77. The van der Waals surface area contributed by atoms with E-state index >= 15 is 0 Å². The van der Waals surface area contributed by atoms with Crippen LogP contribution >= 0.6 is 23.1 Å². The van der Waals surface area contributed by atoms with E-state index in [0.29, 0.717) is 21.9 Å². The first-order chi connectivity index (χ1) is 11.7. The molecule has 134 valence electrons. The van der Waals surface area contributed by atoms with Crippen LogP contribution in [0, 0.1) is 6.92 Å². The number of carbonyl (C=O) groups excluding carboxylic acids is 1. The molecule has 1 amide bonds. The molecular weight excluding hydrogens is 380 g/mol. The summed E-state index contributed by atoms with van der Waals surface area (Å²) in [4.78, 5) is 12.3. The molecule has 0 aliphatic heterocycles. The van der Waals surface area contributed by atoms with Gasteiger partial charge in [-0.3, -0.25) is 14.4 Å². The van der Waals surface area contributed by atoms with E-state index < -0.39 is 10.0 Å². The van der Waals surface area contributed by atoms with E-state index in [-0.39, 0.29) is 5.91 Å². The molecule has 0 saturated carbocycles. The molecule has 0 spiro atoms. The number of aryl methyl sites for hydroxylation is 1. The molecule has 0 fully saturated rings. The van der Waals surface area contributed by atoms with Crippen LogP contribution in [0.25, 0.3) is 0 Å². The standard InChI is InChI=1S/C15H18N4O3S3/c1-5-8-23-15-18-17-14(24-15)16-13(20)11-6-7-12(10(2)9-11)19(3)25(4,21)22/h5-7,9H,1,8H2,2-4H3,(H,16,17,20). The molecule has 0 bridgehead atoms. The van der Waals surface area contributed by atoms with Gasteiger partial charge in [-0.05, 0) is 30.7 Å². The lowest BCUT2D eigenvalue weighted by Gasteiger charge is -2.19. The second kappa shape index (κ2) is 7.98. The molecule has 1 N–H and O–H groups in total. The SMILES string of the molecule is C=CCSc1nnc(NC(=O)c2ccc(N(C)S(C)(=O)=O)c(C)c2)s1. The number of rotatable bonds is 7. The van der Waals surface area contributed by atoms with Gasteiger partial charge in [0, 0.05) is 18.4 Å². The second-order valence-electron chi connectivity index (χ2n) is 5.16. The molecule has 2 aromatic rings. The zero-order valence-corrected chi connectivity index (χ0v) is 16.5. The highest BCUT2D eigenvalue weighted by molar-refractivity contribution is 8.01. The smallest absolute Gasteiger partial charge is 0.257 e. The van der Waals surface area contributed by atoms with Crippen LogP contribution < -0.4 is 9.62 Å². The molecule has 0 aliphatic carbocycles. The summed E-state index contributed by atoms with van der Waals surface area (Å²) in [5.41, 5.74) is 1.62. The van der Waals surface area contributed by atoms with Crippen molar-refractivity contribution in [1.82, 2.24) is 10.2 Å². The summed E-state index contributed by atoms with van der Waals surface area (Å²) in [7, 11) is -1.88. The molecule has 0 atom stereocenters. The van der Waals surface area contributed by atoms with Gasteiger partial charge in [-0.25, -0.2) is 8.42 Å². The Balaban J connectivity index is 2.13. The highest BCUT2D eigenvalue weighted by atomic mass is 32.2. The third kappa shape index (κ3) is 5.03. The zero-order valence-electron chi connectivity index (χ0n) is 14.0. The Morgan fingerprint density at radius 3 is 2.76 bits per heavy atom. The second-order valence-corrected chi connectivity index (χ2v) is 9.42. The van der Waals surface area contributed by atoms with Crippen LogP contribution in [0.1, 0.15) is 15.9 Å². The number of benzene rings is 1. The van der Waals surface area contributed by atoms with Gasteiger partial charge in [-0.1, -0.05) is 29.2 Å². The molecule has 2 rings (SSSR count). The molecule has 0 unspecified atom stereocenters. The van der Waals surface area contributed by atoms with Crippen molar-refractivity contribution in [3.63, 3.8) is 0 Å². The van der Waals surface area contributed by atoms with Crippen molar-refractivity contribution in [2.45, 2.75) is 11.3 Å². The Morgan fingerprint density at radius 1 is 1.44 bits per heavy atom. The van der Waals surface area contributed by atoms with Gasteiger partial charge in [0.05, 0.1) is 11.9 Å². The molecule has 1 heterocycles. The van der Waals surface area contributed by atoms with E-state index in [2.05, 4.69) is 22.1 Å². The maximum atomic E-state index is 12.3. The molecule has 25 heavy (non-hydrogen) atoms. The Labute approximate surface area is 155 Å². The Kier molecular flexibility index (Phi) is 6.20. The van der Waals surface area contributed by atoms with Gasteiger partial charge in [-0.15, -0.1) is 16.8 Å². The number of anilines is 2. The molecule has 1 aromatic carbocycles. The quantitative estimate of drug-likeness (QED) is 0.438. The van der Waals surface area contributed by atoms with E-state index in [0.717, 1.165) is 16.3 Å². The van der Waals surface area contributed by atoms with Crippen LogP contribution in [0.4, 0.5) is 10.8 Å². The van der Waals surface area contributed by atoms with Crippen molar-refractivity contribution < 1.29 is 13.2 Å². The number of nitrogens with one attached hydrogen (secondary N) is 1. The van der Waals surface area contributed by atoms with Gasteiger partial charge in [0.15, 0.2) is 4.34 Å². The van der Waals surface area contributed by atoms with Crippen molar-refractivity contribution in [3.05, 3.63) is 42.0 Å². The predicted octanol–water partition coefficient (Wildman–Crippen LogP) is 2.77. The number of hydrogen-bond donors (Lipinski definition) is 1. The van der Waals surface area contributed by atoms with E-state index in [1.807, 2.05) is 0 Å². The number of hydrogen-bond acceptors (Lipinski definition) is 7. The topological polar surface area (TPSA) is 92.3 Å². The average Bonchev–Trinajstić information content (AvgIpc) is 2.98.